The maximum absolute atomic E-state index is 9.46. The molecule has 1 aromatic heterocycles. The highest BCUT2D eigenvalue weighted by atomic mass is 16.3. The van der Waals surface area contributed by atoms with Crippen LogP contribution in [0.1, 0.15) is 12.8 Å². The molecule has 17 heavy (non-hydrogen) atoms. The molecule has 0 aromatic carbocycles. The van der Waals surface area contributed by atoms with Gasteiger partial charge in [0, 0.05) is 27.2 Å². The maximum Gasteiger partial charge on any atom is 0.231 e. The molecule has 3 N–H and O–H groups in total. The average molecular weight is 238 g/mol. The topological polar surface area (TPSA) is 91.4 Å². The fraction of sp³-hybridized carbons (Fsp3) is 0.700. The van der Waals surface area contributed by atoms with Crippen molar-refractivity contribution in [2.45, 2.75) is 18.9 Å². The van der Waals surface area contributed by atoms with E-state index in [1.54, 1.807) is 4.90 Å². The van der Waals surface area contributed by atoms with Crippen molar-refractivity contribution in [2.24, 2.45) is 0 Å². The first-order chi connectivity index (χ1) is 8.06. The standard InChI is InChI=1S/C10H18N6O/c1-15(2)9-12-8(11)13-10(14-9)16-5-3-7(17)4-6-16/h7,17H,3-6H2,1-2H3,(H2,11,12,13,14). The van der Waals surface area contributed by atoms with Gasteiger partial charge in [-0.2, -0.15) is 15.0 Å². The second-order valence-corrected chi connectivity index (χ2v) is 4.41. The van der Waals surface area contributed by atoms with Crippen molar-refractivity contribution >= 4 is 17.8 Å². The zero-order chi connectivity index (χ0) is 12.4. The van der Waals surface area contributed by atoms with E-state index < -0.39 is 0 Å². The first-order valence-electron chi connectivity index (χ1n) is 5.68. The lowest BCUT2D eigenvalue weighted by Crippen LogP contribution is -2.37. The molecule has 1 aliphatic heterocycles. The van der Waals surface area contributed by atoms with Crippen LogP contribution in [0.3, 0.4) is 0 Å². The van der Waals surface area contributed by atoms with E-state index in [4.69, 9.17) is 5.73 Å². The summed E-state index contributed by atoms with van der Waals surface area (Å²) < 4.78 is 0. The SMILES string of the molecule is CN(C)c1nc(N)nc(N2CCC(O)CC2)n1. The molecule has 0 unspecified atom stereocenters. The molecule has 1 fully saturated rings. The first kappa shape index (κ1) is 11.8. The van der Waals surface area contributed by atoms with Crippen molar-refractivity contribution < 1.29 is 5.11 Å². The van der Waals surface area contributed by atoms with Crippen molar-refractivity contribution in [3.05, 3.63) is 0 Å². The summed E-state index contributed by atoms with van der Waals surface area (Å²) in [5.74, 6) is 1.37. The zero-order valence-corrected chi connectivity index (χ0v) is 10.2. The Morgan fingerprint density at radius 2 is 1.88 bits per heavy atom. The third-order valence-corrected chi connectivity index (χ3v) is 2.78. The summed E-state index contributed by atoms with van der Waals surface area (Å²) in [6, 6.07) is 0. The van der Waals surface area contributed by atoms with E-state index >= 15 is 0 Å². The van der Waals surface area contributed by atoms with Crippen molar-refractivity contribution in [2.75, 3.05) is 42.7 Å². The Balaban J connectivity index is 2.20. The molecule has 1 saturated heterocycles. The Morgan fingerprint density at radius 3 is 2.47 bits per heavy atom. The number of aliphatic hydroxyl groups excluding tert-OH is 1. The third-order valence-electron chi connectivity index (χ3n) is 2.78. The van der Waals surface area contributed by atoms with E-state index in [0.29, 0.717) is 11.9 Å². The zero-order valence-electron chi connectivity index (χ0n) is 10.2. The van der Waals surface area contributed by atoms with E-state index in [2.05, 4.69) is 15.0 Å². The van der Waals surface area contributed by atoms with Crippen LogP contribution in [-0.2, 0) is 0 Å². The van der Waals surface area contributed by atoms with Gasteiger partial charge in [0.2, 0.25) is 17.8 Å². The van der Waals surface area contributed by atoms with Gasteiger partial charge in [-0.25, -0.2) is 0 Å². The van der Waals surface area contributed by atoms with Gasteiger partial charge in [-0.3, -0.25) is 0 Å². The van der Waals surface area contributed by atoms with Crippen LogP contribution < -0.4 is 15.5 Å². The number of piperidine rings is 1. The Kier molecular flexibility index (Phi) is 3.28. The van der Waals surface area contributed by atoms with E-state index in [1.807, 2.05) is 19.0 Å². The number of hydrogen-bond acceptors (Lipinski definition) is 7. The van der Waals surface area contributed by atoms with E-state index in [0.717, 1.165) is 25.9 Å². The molecule has 2 heterocycles. The number of anilines is 3. The molecule has 0 radical (unpaired) electrons. The molecular weight excluding hydrogens is 220 g/mol. The minimum Gasteiger partial charge on any atom is -0.393 e. The van der Waals surface area contributed by atoms with Gasteiger partial charge in [0.05, 0.1) is 6.10 Å². The minimum absolute atomic E-state index is 0.209. The highest BCUT2D eigenvalue weighted by Gasteiger charge is 2.20. The van der Waals surface area contributed by atoms with Gasteiger partial charge in [0.15, 0.2) is 0 Å². The predicted molar refractivity (Wildman–Crippen MR) is 66.0 cm³/mol. The summed E-state index contributed by atoms with van der Waals surface area (Å²) >= 11 is 0. The number of nitrogens with zero attached hydrogens (tertiary/aromatic N) is 5. The van der Waals surface area contributed by atoms with Crippen LogP contribution in [0.5, 0.6) is 0 Å². The molecule has 94 valence electrons. The fourth-order valence-corrected chi connectivity index (χ4v) is 1.78. The van der Waals surface area contributed by atoms with Crippen LogP contribution in [0.4, 0.5) is 17.8 Å². The molecule has 7 nitrogen and oxygen atoms in total. The predicted octanol–water partition coefficient (Wildman–Crippen LogP) is -0.519. The van der Waals surface area contributed by atoms with Gasteiger partial charge in [0.1, 0.15) is 0 Å². The number of aromatic nitrogens is 3. The number of nitrogen functional groups attached to an aromatic ring is 1. The quantitative estimate of drug-likeness (QED) is 0.716. The summed E-state index contributed by atoms with van der Waals surface area (Å²) in [4.78, 5) is 16.4. The maximum atomic E-state index is 9.46. The second kappa shape index (κ2) is 4.70. The summed E-state index contributed by atoms with van der Waals surface area (Å²) in [6.45, 7) is 1.50. The number of rotatable bonds is 2. The summed E-state index contributed by atoms with van der Waals surface area (Å²) in [7, 11) is 3.72. The highest BCUT2D eigenvalue weighted by molar-refractivity contribution is 5.42. The molecule has 0 bridgehead atoms. The van der Waals surface area contributed by atoms with Crippen LogP contribution >= 0.6 is 0 Å². The fourth-order valence-electron chi connectivity index (χ4n) is 1.78. The molecule has 0 atom stereocenters. The number of aliphatic hydroxyl groups is 1. The van der Waals surface area contributed by atoms with Crippen molar-refractivity contribution in [3.63, 3.8) is 0 Å². The molecule has 1 aliphatic rings. The monoisotopic (exact) mass is 238 g/mol. The summed E-state index contributed by atoms with van der Waals surface area (Å²) in [5.41, 5.74) is 5.67. The van der Waals surface area contributed by atoms with E-state index in [9.17, 15) is 5.11 Å². The summed E-state index contributed by atoms with van der Waals surface area (Å²) in [5, 5.41) is 9.46. The number of nitrogens with two attached hydrogens (primary N) is 1. The molecular formula is C10H18N6O. The lowest BCUT2D eigenvalue weighted by atomic mass is 10.1. The van der Waals surface area contributed by atoms with Gasteiger partial charge in [-0.15, -0.1) is 0 Å². The van der Waals surface area contributed by atoms with Crippen LogP contribution in [0.25, 0.3) is 0 Å². The summed E-state index contributed by atoms with van der Waals surface area (Å²) in [6.07, 6.45) is 1.27. The smallest absolute Gasteiger partial charge is 0.231 e. The van der Waals surface area contributed by atoms with Crippen molar-refractivity contribution in [3.8, 4) is 0 Å². The lowest BCUT2D eigenvalue weighted by molar-refractivity contribution is 0.145. The first-order valence-corrected chi connectivity index (χ1v) is 5.68. The molecule has 0 aliphatic carbocycles. The lowest BCUT2D eigenvalue weighted by Gasteiger charge is -2.29. The van der Waals surface area contributed by atoms with Crippen LogP contribution in [0, 0.1) is 0 Å². The molecule has 0 amide bonds. The second-order valence-electron chi connectivity index (χ2n) is 4.41. The normalized spacial score (nSPS) is 17.2. The highest BCUT2D eigenvalue weighted by Crippen LogP contribution is 2.18. The largest absolute Gasteiger partial charge is 0.393 e. The Hall–Kier alpha value is -1.63. The number of hydrogen-bond donors (Lipinski definition) is 2. The third kappa shape index (κ3) is 2.73. The van der Waals surface area contributed by atoms with Gasteiger partial charge >= 0.3 is 0 Å². The molecule has 2 rings (SSSR count). The average Bonchev–Trinajstić information content (AvgIpc) is 2.29. The Morgan fingerprint density at radius 1 is 1.24 bits per heavy atom. The molecule has 0 saturated carbocycles. The molecule has 7 heteroatoms. The van der Waals surface area contributed by atoms with Gasteiger partial charge < -0.3 is 20.6 Å². The van der Waals surface area contributed by atoms with Gasteiger partial charge in [-0.1, -0.05) is 0 Å². The van der Waals surface area contributed by atoms with Gasteiger partial charge in [-0.05, 0) is 12.8 Å². The van der Waals surface area contributed by atoms with Crippen LogP contribution in [0.2, 0.25) is 0 Å². The van der Waals surface area contributed by atoms with Crippen molar-refractivity contribution in [1.29, 1.82) is 0 Å². The Labute approximate surface area is 100 Å². The molecule has 1 aromatic rings. The molecule has 0 spiro atoms. The van der Waals surface area contributed by atoms with Crippen LogP contribution in [0.15, 0.2) is 0 Å². The van der Waals surface area contributed by atoms with Gasteiger partial charge in [0.25, 0.3) is 0 Å². The van der Waals surface area contributed by atoms with E-state index in [-0.39, 0.29) is 12.1 Å². The van der Waals surface area contributed by atoms with E-state index in [1.165, 1.54) is 0 Å². The minimum atomic E-state index is -0.209. The van der Waals surface area contributed by atoms with Crippen molar-refractivity contribution in [1.82, 2.24) is 15.0 Å². The Bertz CT molecular complexity index is 388. The van der Waals surface area contributed by atoms with Crippen LogP contribution in [-0.4, -0.2) is 53.3 Å².